The van der Waals surface area contributed by atoms with Gasteiger partial charge in [-0.1, -0.05) is 6.42 Å². The zero-order chi connectivity index (χ0) is 6.95. The molecule has 0 rings (SSSR count). The molecule has 0 amide bonds. The Balaban J connectivity index is 2.66. The Bertz CT molecular complexity index is 63.9. The minimum absolute atomic E-state index is 0.726. The van der Waals surface area contributed by atoms with Crippen LogP contribution in [0.5, 0.6) is 0 Å². The molecule has 0 unspecified atom stereocenters. The molecule has 0 aromatic carbocycles. The van der Waals surface area contributed by atoms with E-state index in [1.165, 1.54) is 12.8 Å². The maximum Gasteiger partial charge on any atom is 0.119 e. The molecule has 1 N–H and O–H groups in total. The summed E-state index contributed by atoms with van der Waals surface area (Å²) in [6, 6.07) is 0. The number of carbonyl (C=O) groups is 1. The van der Waals surface area contributed by atoms with Crippen molar-refractivity contribution < 1.29 is 4.79 Å². The summed E-state index contributed by atoms with van der Waals surface area (Å²) in [7, 11) is 1.94. The average molecular weight is 129 g/mol. The second kappa shape index (κ2) is 7.63. The highest BCUT2D eigenvalue weighted by atomic mass is 16.1. The summed E-state index contributed by atoms with van der Waals surface area (Å²) in [6.07, 6.45) is 5.11. The molecule has 54 valence electrons. The number of nitrogens with one attached hydrogen (secondary N) is 1. The van der Waals surface area contributed by atoms with Crippen LogP contribution < -0.4 is 5.32 Å². The summed E-state index contributed by atoms with van der Waals surface area (Å²) < 4.78 is 0. The predicted molar refractivity (Wildman–Crippen MR) is 38.5 cm³/mol. The number of unbranched alkanes of at least 4 members (excludes halogenated alkanes) is 3. The van der Waals surface area contributed by atoms with E-state index >= 15 is 0 Å². The SMILES string of the molecule is CNCCCCCC=O. The molecule has 0 spiro atoms. The minimum Gasteiger partial charge on any atom is -0.320 e. The maximum absolute atomic E-state index is 9.82. The van der Waals surface area contributed by atoms with Gasteiger partial charge in [-0.25, -0.2) is 0 Å². The molecule has 0 bridgehead atoms. The molecule has 2 heteroatoms. The first-order valence-corrected chi connectivity index (χ1v) is 3.50. The maximum atomic E-state index is 9.82. The van der Waals surface area contributed by atoms with Crippen LogP contribution >= 0.6 is 0 Å². The van der Waals surface area contributed by atoms with E-state index in [0.717, 1.165) is 25.7 Å². The highest BCUT2D eigenvalue weighted by Crippen LogP contribution is 1.95. The second-order valence-electron chi connectivity index (χ2n) is 2.12. The number of aldehydes is 1. The Labute approximate surface area is 56.6 Å². The molecular weight excluding hydrogens is 114 g/mol. The topological polar surface area (TPSA) is 29.1 Å². The van der Waals surface area contributed by atoms with Crippen LogP contribution in [-0.2, 0) is 4.79 Å². The highest BCUT2D eigenvalue weighted by Gasteiger charge is 1.85. The molecule has 0 fully saturated rings. The third-order valence-corrected chi connectivity index (χ3v) is 1.25. The van der Waals surface area contributed by atoms with Gasteiger partial charge in [0.05, 0.1) is 0 Å². The lowest BCUT2D eigenvalue weighted by Crippen LogP contribution is -2.06. The number of hydrogen-bond acceptors (Lipinski definition) is 2. The standard InChI is InChI=1S/C7H15NO/c1-8-6-4-2-3-5-7-9/h7-8H,2-6H2,1H3. The van der Waals surface area contributed by atoms with Crippen LogP contribution in [0.15, 0.2) is 0 Å². The molecule has 0 aromatic rings. The van der Waals surface area contributed by atoms with Crippen LogP contribution in [0.25, 0.3) is 0 Å². The quantitative estimate of drug-likeness (QED) is 0.427. The first-order valence-electron chi connectivity index (χ1n) is 3.50. The highest BCUT2D eigenvalue weighted by molar-refractivity contribution is 5.48. The van der Waals surface area contributed by atoms with Crippen molar-refractivity contribution in [1.82, 2.24) is 5.32 Å². The van der Waals surface area contributed by atoms with Gasteiger partial charge in [-0.15, -0.1) is 0 Å². The Morgan fingerprint density at radius 2 is 2.11 bits per heavy atom. The van der Waals surface area contributed by atoms with Crippen LogP contribution in [0.1, 0.15) is 25.7 Å². The Morgan fingerprint density at radius 1 is 1.33 bits per heavy atom. The molecular formula is C7H15NO. The number of rotatable bonds is 6. The van der Waals surface area contributed by atoms with Gasteiger partial charge in [0, 0.05) is 6.42 Å². The monoisotopic (exact) mass is 129 g/mol. The van der Waals surface area contributed by atoms with E-state index < -0.39 is 0 Å². The molecule has 0 heterocycles. The molecule has 9 heavy (non-hydrogen) atoms. The van der Waals surface area contributed by atoms with Crippen molar-refractivity contribution in [2.24, 2.45) is 0 Å². The molecule has 0 radical (unpaired) electrons. The molecule has 0 aromatic heterocycles. The van der Waals surface area contributed by atoms with Crippen LogP contribution in [0.4, 0.5) is 0 Å². The van der Waals surface area contributed by atoms with E-state index in [4.69, 9.17) is 0 Å². The van der Waals surface area contributed by atoms with Crippen LogP contribution in [0.3, 0.4) is 0 Å². The summed E-state index contributed by atoms with van der Waals surface area (Å²) in [5, 5.41) is 3.06. The van der Waals surface area contributed by atoms with Gasteiger partial charge in [0.2, 0.25) is 0 Å². The minimum atomic E-state index is 0.726. The van der Waals surface area contributed by atoms with Gasteiger partial charge in [0.25, 0.3) is 0 Å². The lowest BCUT2D eigenvalue weighted by Gasteiger charge is -1.95. The van der Waals surface area contributed by atoms with Gasteiger partial charge in [-0.3, -0.25) is 0 Å². The second-order valence-corrected chi connectivity index (χ2v) is 2.12. The first-order chi connectivity index (χ1) is 4.41. The van der Waals surface area contributed by atoms with Gasteiger partial charge in [-0.05, 0) is 26.4 Å². The fourth-order valence-corrected chi connectivity index (χ4v) is 0.706. The summed E-state index contributed by atoms with van der Waals surface area (Å²) in [6.45, 7) is 1.07. The van der Waals surface area contributed by atoms with E-state index in [-0.39, 0.29) is 0 Å². The molecule has 2 nitrogen and oxygen atoms in total. The summed E-state index contributed by atoms with van der Waals surface area (Å²) in [4.78, 5) is 9.82. The number of hydrogen-bond donors (Lipinski definition) is 1. The number of carbonyl (C=O) groups excluding carboxylic acids is 1. The zero-order valence-corrected chi connectivity index (χ0v) is 6.02. The van der Waals surface area contributed by atoms with E-state index in [1.54, 1.807) is 0 Å². The van der Waals surface area contributed by atoms with Crippen molar-refractivity contribution in [1.29, 1.82) is 0 Å². The fourth-order valence-electron chi connectivity index (χ4n) is 0.706. The van der Waals surface area contributed by atoms with Gasteiger partial charge in [0.15, 0.2) is 0 Å². The lowest BCUT2D eigenvalue weighted by molar-refractivity contribution is -0.107. The third kappa shape index (κ3) is 7.63. The van der Waals surface area contributed by atoms with Crippen molar-refractivity contribution in [2.75, 3.05) is 13.6 Å². The van der Waals surface area contributed by atoms with Crippen LogP contribution in [0, 0.1) is 0 Å². The molecule has 0 atom stereocenters. The molecule has 0 aliphatic carbocycles. The molecule has 0 aliphatic heterocycles. The van der Waals surface area contributed by atoms with Gasteiger partial charge in [0.1, 0.15) is 6.29 Å². The van der Waals surface area contributed by atoms with E-state index in [1.807, 2.05) is 7.05 Å². The van der Waals surface area contributed by atoms with Crippen molar-refractivity contribution in [2.45, 2.75) is 25.7 Å². The summed E-state index contributed by atoms with van der Waals surface area (Å²) in [5.41, 5.74) is 0. The van der Waals surface area contributed by atoms with Crippen molar-refractivity contribution in [3.63, 3.8) is 0 Å². The molecule has 0 saturated carbocycles. The van der Waals surface area contributed by atoms with Crippen LogP contribution in [-0.4, -0.2) is 19.9 Å². The van der Waals surface area contributed by atoms with Crippen LogP contribution in [0.2, 0.25) is 0 Å². The first kappa shape index (κ1) is 8.63. The Kier molecular flexibility index (Phi) is 7.32. The fraction of sp³-hybridized carbons (Fsp3) is 0.857. The molecule has 0 saturated heterocycles. The van der Waals surface area contributed by atoms with Crippen molar-refractivity contribution in [3.05, 3.63) is 0 Å². The zero-order valence-electron chi connectivity index (χ0n) is 6.02. The largest absolute Gasteiger partial charge is 0.320 e. The Morgan fingerprint density at radius 3 is 2.67 bits per heavy atom. The van der Waals surface area contributed by atoms with Crippen molar-refractivity contribution >= 4 is 6.29 Å². The molecule has 0 aliphatic rings. The van der Waals surface area contributed by atoms with E-state index in [0.29, 0.717) is 0 Å². The Hall–Kier alpha value is -0.370. The van der Waals surface area contributed by atoms with E-state index in [2.05, 4.69) is 5.32 Å². The summed E-state index contributed by atoms with van der Waals surface area (Å²) in [5.74, 6) is 0. The third-order valence-electron chi connectivity index (χ3n) is 1.25. The lowest BCUT2D eigenvalue weighted by atomic mass is 10.2. The normalized spacial score (nSPS) is 9.44. The van der Waals surface area contributed by atoms with E-state index in [9.17, 15) is 4.79 Å². The predicted octanol–water partition coefficient (Wildman–Crippen LogP) is 0.965. The smallest absolute Gasteiger partial charge is 0.119 e. The summed E-state index contributed by atoms with van der Waals surface area (Å²) >= 11 is 0. The van der Waals surface area contributed by atoms with Crippen molar-refractivity contribution in [3.8, 4) is 0 Å². The van der Waals surface area contributed by atoms with Gasteiger partial charge >= 0.3 is 0 Å². The van der Waals surface area contributed by atoms with Gasteiger partial charge < -0.3 is 10.1 Å². The average Bonchev–Trinajstić information content (AvgIpc) is 1.89. The van der Waals surface area contributed by atoms with Gasteiger partial charge in [-0.2, -0.15) is 0 Å².